The Hall–Kier alpha value is -3.55. The van der Waals surface area contributed by atoms with E-state index in [1.165, 1.54) is 26.6 Å². The predicted octanol–water partition coefficient (Wildman–Crippen LogP) is 3.08. The molecule has 2 aromatic rings. The Bertz CT molecular complexity index is 962. The summed E-state index contributed by atoms with van der Waals surface area (Å²) < 4.78 is 15.8. The van der Waals surface area contributed by atoms with Crippen molar-refractivity contribution in [1.82, 2.24) is 9.80 Å². The zero-order chi connectivity index (χ0) is 21.1. The van der Waals surface area contributed by atoms with E-state index in [0.717, 1.165) is 9.80 Å². The number of barbiturate groups is 1. The Morgan fingerprint density at radius 1 is 1.07 bits per heavy atom. The second-order valence-corrected chi connectivity index (χ2v) is 6.69. The summed E-state index contributed by atoms with van der Waals surface area (Å²) in [6, 6.07) is 7.24. The van der Waals surface area contributed by atoms with E-state index in [-0.39, 0.29) is 12.1 Å². The Balaban J connectivity index is 2.06. The maximum atomic E-state index is 13.0. The molecule has 0 unspecified atom stereocenters. The molecule has 4 amide bonds. The van der Waals surface area contributed by atoms with E-state index in [9.17, 15) is 14.4 Å². The summed E-state index contributed by atoms with van der Waals surface area (Å²) in [5.74, 6) is 0.104. The zero-order valence-electron chi connectivity index (χ0n) is 16.7. The Morgan fingerprint density at radius 2 is 1.83 bits per heavy atom. The molecule has 0 saturated carbocycles. The summed E-state index contributed by atoms with van der Waals surface area (Å²) in [5, 5.41) is 0. The fraction of sp³-hybridized carbons (Fsp3) is 0.286. The largest absolute Gasteiger partial charge is 0.497 e. The van der Waals surface area contributed by atoms with Gasteiger partial charge in [0.1, 0.15) is 22.8 Å². The smallest absolute Gasteiger partial charge is 0.334 e. The van der Waals surface area contributed by atoms with E-state index in [1.54, 1.807) is 44.2 Å². The highest BCUT2D eigenvalue weighted by molar-refractivity contribution is 6.31. The molecule has 29 heavy (non-hydrogen) atoms. The third-order valence-corrected chi connectivity index (χ3v) is 4.51. The summed E-state index contributed by atoms with van der Waals surface area (Å²) in [6.45, 7) is 3.35. The second-order valence-electron chi connectivity index (χ2n) is 6.69. The van der Waals surface area contributed by atoms with Gasteiger partial charge in [0.25, 0.3) is 11.8 Å². The van der Waals surface area contributed by atoms with Gasteiger partial charge in [0.2, 0.25) is 0 Å². The molecule has 152 valence electrons. The van der Waals surface area contributed by atoms with Gasteiger partial charge < -0.3 is 13.9 Å². The van der Waals surface area contributed by atoms with Gasteiger partial charge in [-0.25, -0.2) is 4.79 Å². The van der Waals surface area contributed by atoms with Crippen LogP contribution in [0, 0.1) is 0 Å². The van der Waals surface area contributed by atoms with E-state index in [1.807, 2.05) is 0 Å². The molecule has 0 radical (unpaired) electrons. The minimum Gasteiger partial charge on any atom is -0.497 e. The third-order valence-electron chi connectivity index (χ3n) is 4.51. The Labute approximate surface area is 168 Å². The number of hydrogen-bond donors (Lipinski definition) is 0. The lowest BCUT2D eigenvalue weighted by Gasteiger charge is -2.35. The van der Waals surface area contributed by atoms with Crippen molar-refractivity contribution in [3.8, 4) is 11.5 Å². The molecule has 1 aliphatic heterocycles. The van der Waals surface area contributed by atoms with Crippen LogP contribution in [0.25, 0.3) is 6.08 Å². The van der Waals surface area contributed by atoms with Crippen molar-refractivity contribution in [3.05, 3.63) is 53.5 Å². The molecule has 0 N–H and O–H groups in total. The third kappa shape index (κ3) is 3.87. The summed E-state index contributed by atoms with van der Waals surface area (Å²) in [5.41, 5.74) is 0.384. The van der Waals surface area contributed by atoms with Gasteiger partial charge in [-0.2, -0.15) is 0 Å². The molecule has 0 aliphatic carbocycles. The average molecular weight is 398 g/mol. The van der Waals surface area contributed by atoms with Gasteiger partial charge in [0.15, 0.2) is 0 Å². The SMILES string of the molecule is COc1ccc(/C=C2\C(=O)N(Cc3ccco3)C(=O)N(C(C)C)C2=O)c(OC)c1. The molecule has 2 heterocycles. The monoisotopic (exact) mass is 398 g/mol. The summed E-state index contributed by atoms with van der Waals surface area (Å²) >= 11 is 0. The van der Waals surface area contributed by atoms with Crippen molar-refractivity contribution < 1.29 is 28.3 Å². The van der Waals surface area contributed by atoms with Crippen LogP contribution in [0.4, 0.5) is 4.79 Å². The molecular formula is C21H22N2O6. The molecule has 0 spiro atoms. The van der Waals surface area contributed by atoms with Crippen molar-refractivity contribution in [2.75, 3.05) is 14.2 Å². The van der Waals surface area contributed by atoms with Crippen molar-refractivity contribution in [1.29, 1.82) is 0 Å². The number of hydrogen-bond acceptors (Lipinski definition) is 6. The maximum Gasteiger partial charge on any atom is 0.334 e. The first-order chi connectivity index (χ1) is 13.9. The number of furan rings is 1. The topological polar surface area (TPSA) is 89.3 Å². The average Bonchev–Trinajstić information content (AvgIpc) is 3.21. The number of nitrogens with zero attached hydrogens (tertiary/aromatic N) is 2. The van der Waals surface area contributed by atoms with E-state index < -0.39 is 23.9 Å². The van der Waals surface area contributed by atoms with Crippen LogP contribution in [0.1, 0.15) is 25.2 Å². The highest BCUT2D eigenvalue weighted by Crippen LogP contribution is 2.29. The lowest BCUT2D eigenvalue weighted by Crippen LogP contribution is -2.57. The Kier molecular flexibility index (Phi) is 5.72. The fourth-order valence-electron chi connectivity index (χ4n) is 3.04. The lowest BCUT2D eigenvalue weighted by atomic mass is 10.0. The molecule has 1 aromatic heterocycles. The van der Waals surface area contributed by atoms with Crippen LogP contribution in [0.15, 0.2) is 46.6 Å². The molecule has 1 aromatic carbocycles. The fourth-order valence-corrected chi connectivity index (χ4v) is 3.04. The minimum atomic E-state index is -0.689. The Morgan fingerprint density at radius 3 is 2.41 bits per heavy atom. The van der Waals surface area contributed by atoms with Crippen LogP contribution in [-0.2, 0) is 16.1 Å². The van der Waals surface area contributed by atoms with Gasteiger partial charge in [0, 0.05) is 17.7 Å². The molecule has 0 bridgehead atoms. The van der Waals surface area contributed by atoms with Crippen LogP contribution >= 0.6 is 0 Å². The first kappa shape index (κ1) is 20.2. The number of benzene rings is 1. The number of rotatable bonds is 6. The van der Waals surface area contributed by atoms with Gasteiger partial charge in [0.05, 0.1) is 27.0 Å². The molecule has 1 fully saturated rings. The highest BCUT2D eigenvalue weighted by Gasteiger charge is 2.43. The molecule has 0 atom stereocenters. The number of carbonyl (C=O) groups excluding carboxylic acids is 3. The zero-order valence-corrected chi connectivity index (χ0v) is 16.7. The summed E-state index contributed by atoms with van der Waals surface area (Å²) in [7, 11) is 3.01. The van der Waals surface area contributed by atoms with Crippen LogP contribution in [0.2, 0.25) is 0 Å². The number of urea groups is 1. The number of amides is 4. The van der Waals surface area contributed by atoms with Crippen molar-refractivity contribution in [2.45, 2.75) is 26.4 Å². The first-order valence-corrected chi connectivity index (χ1v) is 9.02. The molecule has 8 nitrogen and oxygen atoms in total. The predicted molar refractivity (Wildman–Crippen MR) is 104 cm³/mol. The minimum absolute atomic E-state index is 0.0712. The highest BCUT2D eigenvalue weighted by atomic mass is 16.5. The van der Waals surface area contributed by atoms with Crippen molar-refractivity contribution in [2.24, 2.45) is 0 Å². The molecule has 1 aliphatic rings. The molecule has 3 rings (SSSR count). The maximum absolute atomic E-state index is 13.0. The van der Waals surface area contributed by atoms with E-state index in [0.29, 0.717) is 22.8 Å². The van der Waals surface area contributed by atoms with Crippen LogP contribution in [0.5, 0.6) is 11.5 Å². The normalized spacial score (nSPS) is 16.2. The quantitative estimate of drug-likeness (QED) is 0.549. The van der Waals surface area contributed by atoms with E-state index in [2.05, 4.69) is 0 Å². The second kappa shape index (κ2) is 8.22. The van der Waals surface area contributed by atoms with Gasteiger partial charge in [-0.1, -0.05) is 0 Å². The van der Waals surface area contributed by atoms with Crippen LogP contribution in [-0.4, -0.2) is 47.9 Å². The molecule has 8 heteroatoms. The van der Waals surface area contributed by atoms with Crippen LogP contribution < -0.4 is 9.47 Å². The van der Waals surface area contributed by atoms with Gasteiger partial charge in [-0.3, -0.25) is 19.4 Å². The summed E-state index contributed by atoms with van der Waals surface area (Å²) in [6.07, 6.45) is 2.89. The number of ether oxygens (including phenoxy) is 2. The standard InChI is InChI=1S/C21H22N2O6/c1-13(2)23-20(25)17(10-14-7-8-15(27-3)11-18(14)28-4)19(24)22(21(23)26)12-16-6-5-9-29-16/h5-11,13H,12H2,1-4H3/b17-10+. The van der Waals surface area contributed by atoms with Crippen molar-refractivity contribution >= 4 is 23.9 Å². The van der Waals surface area contributed by atoms with Crippen molar-refractivity contribution in [3.63, 3.8) is 0 Å². The van der Waals surface area contributed by atoms with Gasteiger partial charge in [-0.05, 0) is 44.2 Å². The van der Waals surface area contributed by atoms with Crippen LogP contribution in [0.3, 0.4) is 0 Å². The van der Waals surface area contributed by atoms with E-state index in [4.69, 9.17) is 13.9 Å². The number of methoxy groups -OCH3 is 2. The van der Waals surface area contributed by atoms with Gasteiger partial charge >= 0.3 is 6.03 Å². The number of carbonyl (C=O) groups is 3. The number of imide groups is 2. The molecular weight excluding hydrogens is 376 g/mol. The van der Waals surface area contributed by atoms with E-state index >= 15 is 0 Å². The summed E-state index contributed by atoms with van der Waals surface area (Å²) in [4.78, 5) is 40.9. The lowest BCUT2D eigenvalue weighted by molar-refractivity contribution is -0.137. The molecule has 1 saturated heterocycles. The first-order valence-electron chi connectivity index (χ1n) is 9.02. The van der Waals surface area contributed by atoms with Gasteiger partial charge in [-0.15, -0.1) is 0 Å².